The number of aromatic nitrogens is 2. The predicted octanol–water partition coefficient (Wildman–Crippen LogP) is 3.44. The van der Waals surface area contributed by atoms with Crippen molar-refractivity contribution in [3.05, 3.63) is 65.7 Å². The molecule has 0 saturated heterocycles. The van der Waals surface area contributed by atoms with Crippen LogP contribution in [-0.2, 0) is 6.54 Å². The largest absolute Gasteiger partial charge is 0.329 e. The number of hydrogen-bond acceptors (Lipinski definition) is 2. The Hall–Kier alpha value is -2.20. The second-order valence-electron chi connectivity index (χ2n) is 5.23. The molecule has 4 heteroatoms. The topological polar surface area (TPSA) is 29.9 Å². The Kier molecular flexibility index (Phi) is 3.71. The first-order valence-corrected chi connectivity index (χ1v) is 7.02. The molecule has 0 fully saturated rings. The first-order chi connectivity index (χ1) is 10.2. The minimum absolute atomic E-state index is 0.114. The fraction of sp³-hybridized carbons (Fsp3) is 0.235. The van der Waals surface area contributed by atoms with Crippen molar-refractivity contribution < 1.29 is 4.39 Å². The first-order valence-electron chi connectivity index (χ1n) is 7.02. The van der Waals surface area contributed by atoms with Gasteiger partial charge in [-0.1, -0.05) is 18.2 Å². The molecule has 0 aliphatic heterocycles. The second-order valence-corrected chi connectivity index (χ2v) is 5.23. The van der Waals surface area contributed by atoms with E-state index in [4.69, 9.17) is 0 Å². The molecule has 0 saturated carbocycles. The number of hydrogen-bond donors (Lipinski definition) is 1. The van der Waals surface area contributed by atoms with Gasteiger partial charge in [0.25, 0.3) is 0 Å². The lowest BCUT2D eigenvalue weighted by Crippen LogP contribution is -2.22. The molecule has 0 radical (unpaired) electrons. The van der Waals surface area contributed by atoms with Crippen molar-refractivity contribution in [3.8, 4) is 0 Å². The van der Waals surface area contributed by atoms with E-state index < -0.39 is 0 Å². The molecular formula is C17H18FN3. The van der Waals surface area contributed by atoms with Crippen LogP contribution in [0.1, 0.15) is 17.2 Å². The van der Waals surface area contributed by atoms with Crippen LogP contribution < -0.4 is 5.32 Å². The minimum atomic E-state index is -0.195. The molecule has 0 aliphatic rings. The van der Waals surface area contributed by atoms with E-state index in [2.05, 4.69) is 20.9 Å². The molecule has 1 unspecified atom stereocenters. The van der Waals surface area contributed by atoms with Gasteiger partial charge in [0.15, 0.2) is 0 Å². The number of para-hydroxylation sites is 2. The molecule has 1 heterocycles. The summed E-state index contributed by atoms with van der Waals surface area (Å²) >= 11 is 0. The van der Waals surface area contributed by atoms with Crippen LogP contribution in [0.15, 0.2) is 48.8 Å². The summed E-state index contributed by atoms with van der Waals surface area (Å²) in [5.41, 5.74) is 4.16. The predicted molar refractivity (Wildman–Crippen MR) is 82.7 cm³/mol. The van der Waals surface area contributed by atoms with E-state index in [1.54, 1.807) is 6.07 Å². The van der Waals surface area contributed by atoms with E-state index >= 15 is 0 Å². The number of benzene rings is 2. The van der Waals surface area contributed by atoms with Crippen molar-refractivity contribution in [2.24, 2.45) is 0 Å². The second kappa shape index (κ2) is 5.66. The highest BCUT2D eigenvalue weighted by atomic mass is 19.1. The lowest BCUT2D eigenvalue weighted by molar-refractivity contribution is 0.504. The molecule has 3 aromatic rings. The van der Waals surface area contributed by atoms with E-state index in [0.717, 1.165) is 28.7 Å². The minimum Gasteiger partial charge on any atom is -0.329 e. The lowest BCUT2D eigenvalue weighted by Gasteiger charge is -2.20. The molecule has 3 nitrogen and oxygen atoms in total. The number of rotatable bonds is 4. The number of likely N-dealkylation sites (N-methyl/N-ethyl adjacent to an activating group) is 1. The van der Waals surface area contributed by atoms with Crippen LogP contribution in [0.5, 0.6) is 0 Å². The van der Waals surface area contributed by atoms with Crippen molar-refractivity contribution in [1.82, 2.24) is 14.9 Å². The summed E-state index contributed by atoms with van der Waals surface area (Å²) in [5, 5.41) is 3.31. The summed E-state index contributed by atoms with van der Waals surface area (Å²) < 4.78 is 15.4. The maximum Gasteiger partial charge on any atom is 0.123 e. The van der Waals surface area contributed by atoms with Crippen LogP contribution in [0.3, 0.4) is 0 Å². The van der Waals surface area contributed by atoms with Crippen molar-refractivity contribution in [2.75, 3.05) is 7.05 Å². The molecule has 2 aromatic carbocycles. The summed E-state index contributed by atoms with van der Waals surface area (Å²) in [6.45, 7) is 2.69. The Bertz CT molecular complexity index is 764. The van der Waals surface area contributed by atoms with E-state index in [1.807, 2.05) is 44.6 Å². The zero-order valence-electron chi connectivity index (χ0n) is 12.2. The van der Waals surface area contributed by atoms with Gasteiger partial charge in [-0.15, -0.1) is 0 Å². The highest BCUT2D eigenvalue weighted by Gasteiger charge is 2.14. The van der Waals surface area contributed by atoms with Gasteiger partial charge in [-0.2, -0.15) is 0 Å². The van der Waals surface area contributed by atoms with Gasteiger partial charge in [0.1, 0.15) is 5.82 Å². The molecule has 21 heavy (non-hydrogen) atoms. The summed E-state index contributed by atoms with van der Waals surface area (Å²) in [6, 6.07) is 13.1. The summed E-state index contributed by atoms with van der Waals surface area (Å²) in [5.74, 6) is -0.195. The molecule has 0 bridgehead atoms. The highest BCUT2D eigenvalue weighted by Crippen LogP contribution is 2.22. The van der Waals surface area contributed by atoms with Crippen LogP contribution in [-0.4, -0.2) is 16.6 Å². The fourth-order valence-electron chi connectivity index (χ4n) is 2.73. The number of fused-ring (bicyclic) bond motifs is 1. The SMILES string of the molecule is CNC(Cn1cnc2ccccc21)c1ccc(F)cc1C. The van der Waals surface area contributed by atoms with Gasteiger partial charge in [0.2, 0.25) is 0 Å². The van der Waals surface area contributed by atoms with E-state index in [-0.39, 0.29) is 11.9 Å². The van der Waals surface area contributed by atoms with Crippen LogP contribution in [0.4, 0.5) is 4.39 Å². The first kappa shape index (κ1) is 13.8. The lowest BCUT2D eigenvalue weighted by atomic mass is 10.0. The zero-order chi connectivity index (χ0) is 14.8. The monoisotopic (exact) mass is 283 g/mol. The average molecular weight is 283 g/mol. The quantitative estimate of drug-likeness (QED) is 0.795. The number of aryl methyl sites for hydroxylation is 1. The van der Waals surface area contributed by atoms with Gasteiger partial charge in [0.05, 0.1) is 23.4 Å². The van der Waals surface area contributed by atoms with E-state index in [1.165, 1.54) is 6.07 Å². The number of imidazole rings is 1. The average Bonchev–Trinajstić information content (AvgIpc) is 2.89. The normalized spacial score (nSPS) is 12.7. The molecule has 0 aliphatic carbocycles. The molecule has 108 valence electrons. The Labute approximate surface area is 123 Å². The van der Waals surface area contributed by atoms with Gasteiger partial charge in [-0.25, -0.2) is 9.37 Å². The molecule has 3 rings (SSSR count). The third kappa shape index (κ3) is 2.67. The maximum absolute atomic E-state index is 13.3. The van der Waals surface area contributed by atoms with Gasteiger partial charge in [0, 0.05) is 6.54 Å². The van der Waals surface area contributed by atoms with Crippen LogP contribution in [0, 0.1) is 12.7 Å². The van der Waals surface area contributed by atoms with Gasteiger partial charge < -0.3 is 9.88 Å². The molecule has 1 N–H and O–H groups in total. The Morgan fingerprint density at radius 1 is 1.24 bits per heavy atom. The van der Waals surface area contributed by atoms with Crippen molar-refractivity contribution in [1.29, 1.82) is 0 Å². The van der Waals surface area contributed by atoms with Gasteiger partial charge in [-0.05, 0) is 49.4 Å². The third-order valence-corrected chi connectivity index (χ3v) is 3.86. The third-order valence-electron chi connectivity index (χ3n) is 3.86. The van der Waals surface area contributed by atoms with Crippen molar-refractivity contribution in [2.45, 2.75) is 19.5 Å². The Morgan fingerprint density at radius 3 is 2.81 bits per heavy atom. The summed E-state index contributed by atoms with van der Waals surface area (Å²) in [6.07, 6.45) is 1.86. The van der Waals surface area contributed by atoms with Crippen molar-refractivity contribution in [3.63, 3.8) is 0 Å². The standard InChI is InChI=1S/C17H18FN3/c1-12-9-13(18)7-8-14(12)16(19-2)10-21-11-20-15-5-3-4-6-17(15)21/h3-9,11,16,19H,10H2,1-2H3. The van der Waals surface area contributed by atoms with Gasteiger partial charge >= 0.3 is 0 Å². The van der Waals surface area contributed by atoms with Crippen LogP contribution in [0.25, 0.3) is 11.0 Å². The smallest absolute Gasteiger partial charge is 0.123 e. The number of nitrogens with zero attached hydrogens (tertiary/aromatic N) is 2. The van der Waals surface area contributed by atoms with Crippen LogP contribution in [0.2, 0.25) is 0 Å². The maximum atomic E-state index is 13.3. The van der Waals surface area contributed by atoms with Crippen LogP contribution >= 0.6 is 0 Å². The zero-order valence-corrected chi connectivity index (χ0v) is 12.2. The Morgan fingerprint density at radius 2 is 2.05 bits per heavy atom. The molecule has 1 atom stereocenters. The van der Waals surface area contributed by atoms with Gasteiger partial charge in [-0.3, -0.25) is 0 Å². The summed E-state index contributed by atoms with van der Waals surface area (Å²) in [7, 11) is 1.92. The highest BCUT2D eigenvalue weighted by molar-refractivity contribution is 5.74. The molecule has 0 spiro atoms. The van der Waals surface area contributed by atoms with Crippen molar-refractivity contribution >= 4 is 11.0 Å². The molecule has 0 amide bonds. The molecule has 1 aromatic heterocycles. The Balaban J connectivity index is 1.94. The van der Waals surface area contributed by atoms with E-state index in [9.17, 15) is 4.39 Å². The fourth-order valence-corrected chi connectivity index (χ4v) is 2.73. The van der Waals surface area contributed by atoms with E-state index in [0.29, 0.717) is 0 Å². The number of nitrogens with one attached hydrogen (secondary N) is 1. The summed E-state index contributed by atoms with van der Waals surface area (Å²) in [4.78, 5) is 4.41. The number of halogens is 1. The molecular weight excluding hydrogens is 265 g/mol.